The molecule has 5 rings (SSSR count). The second-order valence-corrected chi connectivity index (χ2v) is 11.5. The predicted molar refractivity (Wildman–Crippen MR) is 162 cm³/mol. The minimum Gasteiger partial charge on any atom is -0.503 e. The first-order valence-corrected chi connectivity index (χ1v) is 14.5. The Morgan fingerprint density at radius 2 is 1.84 bits per heavy atom. The Morgan fingerprint density at radius 1 is 1.09 bits per heavy atom. The Bertz CT molecular complexity index is 1770. The normalized spacial score (nSPS) is 15.1. The molecule has 1 unspecified atom stereocenters. The smallest absolute Gasteiger partial charge is 0.296 e. The number of thiazole rings is 1. The maximum absolute atomic E-state index is 14.1. The number of para-hydroxylation sites is 1. The number of Topliss-reactive ketones (excluding diaryl/α,β-unsaturated/α-hetero) is 2. The first kappa shape index (κ1) is 29.8. The van der Waals surface area contributed by atoms with Gasteiger partial charge in [-0.2, -0.15) is 0 Å². The molecule has 1 aliphatic heterocycles. The minimum atomic E-state index is -1.11. The molecule has 0 fully saturated rings. The maximum atomic E-state index is 14.1. The molecule has 43 heavy (non-hydrogen) atoms. The molecule has 0 radical (unpaired) electrons. The third-order valence-corrected chi connectivity index (χ3v) is 8.43. The summed E-state index contributed by atoms with van der Waals surface area (Å²) in [6.45, 7) is 7.76. The molecule has 0 bridgehead atoms. The van der Waals surface area contributed by atoms with Gasteiger partial charge in [-0.15, -0.1) is 0 Å². The molecule has 10 nitrogen and oxygen atoms in total. The van der Waals surface area contributed by atoms with Crippen molar-refractivity contribution in [3.8, 4) is 17.2 Å². The molecule has 1 atom stereocenters. The Hall–Kier alpha value is -4.64. The lowest BCUT2D eigenvalue weighted by Gasteiger charge is -2.25. The van der Waals surface area contributed by atoms with Crippen LogP contribution in [0.2, 0.25) is 0 Å². The van der Waals surface area contributed by atoms with E-state index in [1.807, 2.05) is 0 Å². The number of carbonyl (C=O) groups excluding carboxylic acids is 3. The number of hydrogen-bond donors (Lipinski definition) is 1. The zero-order chi connectivity index (χ0) is 31.0. The summed E-state index contributed by atoms with van der Waals surface area (Å²) < 4.78 is 22.8. The van der Waals surface area contributed by atoms with Crippen LogP contribution in [0, 0.1) is 12.8 Å². The number of nitrogens with zero attached hydrogens (tertiary/aromatic N) is 2. The zero-order valence-corrected chi connectivity index (χ0v) is 25.5. The number of amides is 1. The van der Waals surface area contributed by atoms with Crippen LogP contribution in [0.5, 0.6) is 17.2 Å². The second-order valence-electron chi connectivity index (χ2n) is 10.6. The Labute approximate surface area is 252 Å². The van der Waals surface area contributed by atoms with Crippen LogP contribution in [-0.4, -0.2) is 48.4 Å². The number of ether oxygens (including phenoxy) is 3. The number of ketones is 2. The largest absolute Gasteiger partial charge is 0.503 e. The predicted octanol–water partition coefficient (Wildman–Crippen LogP) is 6.63. The molecular formula is C32H32N2O8S. The molecule has 11 heteroatoms. The number of aliphatic hydroxyl groups is 1. The topological polar surface area (TPSA) is 128 Å². The Morgan fingerprint density at radius 3 is 2.49 bits per heavy atom. The highest BCUT2D eigenvalue weighted by Gasteiger charge is 2.47. The van der Waals surface area contributed by atoms with Gasteiger partial charge in [0.2, 0.25) is 5.78 Å². The summed E-state index contributed by atoms with van der Waals surface area (Å²) >= 11 is 1.01. The summed E-state index contributed by atoms with van der Waals surface area (Å²) in [5, 5.41) is 12.0. The highest BCUT2D eigenvalue weighted by atomic mass is 32.1. The first-order valence-electron chi connectivity index (χ1n) is 13.7. The van der Waals surface area contributed by atoms with Crippen LogP contribution in [0.15, 0.2) is 58.2 Å². The van der Waals surface area contributed by atoms with Crippen LogP contribution < -0.4 is 19.1 Å². The van der Waals surface area contributed by atoms with Crippen molar-refractivity contribution in [2.24, 2.45) is 5.92 Å². The average molecular weight is 605 g/mol. The average Bonchev–Trinajstić information content (AvgIpc) is 3.66. The van der Waals surface area contributed by atoms with Gasteiger partial charge in [0, 0.05) is 12.3 Å². The van der Waals surface area contributed by atoms with Crippen LogP contribution in [0.3, 0.4) is 0 Å². The van der Waals surface area contributed by atoms with Crippen molar-refractivity contribution in [3.63, 3.8) is 0 Å². The van der Waals surface area contributed by atoms with Crippen molar-refractivity contribution in [1.82, 2.24) is 4.98 Å². The highest BCUT2D eigenvalue weighted by Crippen LogP contribution is 2.46. The number of fused-ring (bicyclic) bond motifs is 1. The summed E-state index contributed by atoms with van der Waals surface area (Å²) in [7, 11) is 2.99. The molecule has 0 spiro atoms. The molecule has 224 valence electrons. The van der Waals surface area contributed by atoms with Gasteiger partial charge in [-0.3, -0.25) is 19.3 Å². The van der Waals surface area contributed by atoms with E-state index < -0.39 is 23.5 Å². The number of rotatable bonds is 11. The van der Waals surface area contributed by atoms with Crippen LogP contribution in [-0.2, 0) is 4.79 Å². The highest BCUT2D eigenvalue weighted by molar-refractivity contribution is 7.17. The molecule has 1 amide bonds. The van der Waals surface area contributed by atoms with Crippen LogP contribution in [0.4, 0.5) is 5.13 Å². The van der Waals surface area contributed by atoms with E-state index in [4.69, 9.17) is 18.6 Å². The fourth-order valence-electron chi connectivity index (χ4n) is 4.98. The Kier molecular flexibility index (Phi) is 8.27. The molecule has 0 saturated carbocycles. The van der Waals surface area contributed by atoms with Crippen molar-refractivity contribution in [2.75, 3.05) is 25.7 Å². The summed E-state index contributed by atoms with van der Waals surface area (Å²) in [6, 6.07) is 10.7. The number of carbonyl (C=O) groups is 3. The zero-order valence-electron chi connectivity index (χ0n) is 24.7. The van der Waals surface area contributed by atoms with Gasteiger partial charge in [-0.1, -0.05) is 43.4 Å². The lowest BCUT2D eigenvalue weighted by atomic mass is 9.95. The Balaban J connectivity index is 1.64. The molecular weight excluding hydrogens is 572 g/mol. The molecule has 1 aliphatic rings. The number of aliphatic hydroxyl groups excluding tert-OH is 1. The van der Waals surface area contributed by atoms with Gasteiger partial charge < -0.3 is 23.7 Å². The summed E-state index contributed by atoms with van der Waals surface area (Å²) in [4.78, 5) is 46.1. The number of aryl methyl sites for hydroxylation is 1. The standard InChI is InChI=1S/C32H32N2O8S/c1-16(2)12-13-41-21-11-10-19(14-23(21)40-6)26-25(27(36)24-15-20-8-7-9-22(39-5)29(20)42-24)28(37)31(38)34(26)32-33-17(3)30(43-32)18(4)35/h7-11,14-16,26,37H,12-13H2,1-6H3. The van der Waals surface area contributed by atoms with Crippen LogP contribution in [0.25, 0.3) is 11.0 Å². The van der Waals surface area contributed by atoms with E-state index in [-0.39, 0.29) is 22.2 Å². The third-order valence-electron chi connectivity index (χ3n) is 7.17. The van der Waals surface area contributed by atoms with E-state index in [2.05, 4.69) is 18.8 Å². The van der Waals surface area contributed by atoms with Gasteiger partial charge >= 0.3 is 0 Å². The van der Waals surface area contributed by atoms with E-state index in [0.29, 0.717) is 56.9 Å². The van der Waals surface area contributed by atoms with Gasteiger partial charge in [0.25, 0.3) is 5.91 Å². The quantitative estimate of drug-likeness (QED) is 0.188. The summed E-state index contributed by atoms with van der Waals surface area (Å²) in [5.74, 6) is -0.781. The van der Waals surface area contributed by atoms with Gasteiger partial charge in [0.1, 0.15) is 0 Å². The first-order chi connectivity index (χ1) is 20.5. The lowest BCUT2D eigenvalue weighted by molar-refractivity contribution is -0.117. The van der Waals surface area contributed by atoms with Crippen molar-refractivity contribution >= 4 is 44.9 Å². The van der Waals surface area contributed by atoms with Gasteiger partial charge in [-0.05, 0) is 49.1 Å². The lowest BCUT2D eigenvalue weighted by Crippen LogP contribution is -2.31. The molecule has 0 saturated heterocycles. The fourth-order valence-corrected chi connectivity index (χ4v) is 5.97. The van der Waals surface area contributed by atoms with Crippen LogP contribution in [0.1, 0.15) is 64.7 Å². The van der Waals surface area contributed by atoms with Gasteiger partial charge in [0.15, 0.2) is 45.3 Å². The number of aromatic nitrogens is 1. The third kappa shape index (κ3) is 5.48. The molecule has 2 aromatic carbocycles. The van der Waals surface area contributed by atoms with E-state index in [1.165, 1.54) is 32.1 Å². The molecule has 0 aliphatic carbocycles. The van der Waals surface area contributed by atoms with E-state index in [1.54, 1.807) is 43.3 Å². The molecule has 4 aromatic rings. The molecule has 2 aromatic heterocycles. The monoisotopic (exact) mass is 604 g/mol. The number of hydrogen-bond acceptors (Lipinski definition) is 10. The SMILES string of the molecule is COc1cc(C2C(C(=O)c3cc4cccc(OC)c4o3)=C(O)C(=O)N2c2nc(C)c(C(C)=O)s2)ccc1OCCC(C)C. The van der Waals surface area contributed by atoms with Gasteiger partial charge in [0.05, 0.1) is 43.0 Å². The van der Waals surface area contributed by atoms with E-state index in [0.717, 1.165) is 17.8 Å². The number of anilines is 1. The minimum absolute atomic E-state index is 0.0824. The number of furan rings is 1. The van der Waals surface area contributed by atoms with Crippen molar-refractivity contribution < 1.29 is 38.1 Å². The second kappa shape index (κ2) is 11.9. The van der Waals surface area contributed by atoms with Crippen molar-refractivity contribution in [2.45, 2.75) is 40.2 Å². The molecule has 3 heterocycles. The van der Waals surface area contributed by atoms with Gasteiger partial charge in [-0.25, -0.2) is 4.98 Å². The maximum Gasteiger partial charge on any atom is 0.296 e. The van der Waals surface area contributed by atoms with Crippen molar-refractivity contribution in [1.29, 1.82) is 0 Å². The molecule has 1 N–H and O–H groups in total. The summed E-state index contributed by atoms with van der Waals surface area (Å²) in [5.41, 5.74) is 1.06. The van der Waals surface area contributed by atoms with E-state index >= 15 is 0 Å². The van der Waals surface area contributed by atoms with Crippen LogP contribution >= 0.6 is 11.3 Å². The number of methoxy groups -OCH3 is 2. The van der Waals surface area contributed by atoms with E-state index in [9.17, 15) is 19.5 Å². The fraction of sp³-hybridized carbons (Fsp3) is 0.312. The number of benzene rings is 2. The summed E-state index contributed by atoms with van der Waals surface area (Å²) in [6.07, 6.45) is 0.842. The van der Waals surface area contributed by atoms with Crippen molar-refractivity contribution in [3.05, 3.63) is 75.7 Å².